The van der Waals surface area contributed by atoms with Crippen LogP contribution in [0, 0.1) is 0 Å². The van der Waals surface area contributed by atoms with Crippen LogP contribution in [0.2, 0.25) is 5.02 Å². The van der Waals surface area contributed by atoms with Crippen molar-refractivity contribution in [1.29, 1.82) is 0 Å². The van der Waals surface area contributed by atoms with Gasteiger partial charge in [0.05, 0.1) is 5.56 Å². The summed E-state index contributed by atoms with van der Waals surface area (Å²) in [7, 11) is 0. The molecule has 120 valence electrons. The van der Waals surface area contributed by atoms with Gasteiger partial charge in [0.2, 0.25) is 0 Å². The fourth-order valence-electron chi connectivity index (χ4n) is 3.12. The Morgan fingerprint density at radius 1 is 1.21 bits per heavy atom. The van der Waals surface area contributed by atoms with Crippen molar-refractivity contribution in [3.05, 3.63) is 75.6 Å². The highest BCUT2D eigenvalue weighted by Crippen LogP contribution is 2.48. The van der Waals surface area contributed by atoms with Crippen LogP contribution in [0.3, 0.4) is 0 Å². The van der Waals surface area contributed by atoms with Gasteiger partial charge in [-0.2, -0.15) is 0 Å². The van der Waals surface area contributed by atoms with E-state index in [0.29, 0.717) is 33.1 Å². The number of fused-ring (bicyclic) bond motifs is 3. The first kappa shape index (κ1) is 15.4. The largest absolute Gasteiger partial charge is 0.508 e. The first-order valence-corrected chi connectivity index (χ1v) is 8.79. The average molecular weight is 357 g/mol. The molecule has 0 spiro atoms. The predicted molar refractivity (Wildman–Crippen MR) is 98.1 cm³/mol. The van der Waals surface area contributed by atoms with E-state index in [-0.39, 0.29) is 11.7 Å². The Labute approximate surface area is 147 Å². The van der Waals surface area contributed by atoms with E-state index in [9.17, 15) is 9.90 Å². The number of hydrogen-bond acceptors (Lipinski definition) is 4. The summed E-state index contributed by atoms with van der Waals surface area (Å²) in [6, 6.07) is 12.5. The van der Waals surface area contributed by atoms with E-state index >= 15 is 0 Å². The normalized spacial score (nSPS) is 17.0. The standard InChI is InChI=1S/C19H13ClO3S/c1-10-12(17-13(20)6-4-7-14(17)21)9-24-18-11-5-2-3-8-15(11)23-19(22)16(10)18/h2-8,12,21H,1,9H2. The van der Waals surface area contributed by atoms with Crippen molar-refractivity contribution in [2.45, 2.75) is 10.8 Å². The summed E-state index contributed by atoms with van der Waals surface area (Å²) in [5.74, 6) is 0.527. The number of hydrogen-bond donors (Lipinski definition) is 1. The van der Waals surface area contributed by atoms with Crippen molar-refractivity contribution in [3.8, 4) is 5.75 Å². The van der Waals surface area contributed by atoms with Gasteiger partial charge in [-0.3, -0.25) is 0 Å². The predicted octanol–water partition coefficient (Wildman–Crippen LogP) is 5.05. The third-order valence-electron chi connectivity index (χ3n) is 4.28. The summed E-state index contributed by atoms with van der Waals surface area (Å²) in [6.07, 6.45) is 0. The van der Waals surface area contributed by atoms with Gasteiger partial charge < -0.3 is 9.52 Å². The Bertz CT molecular complexity index is 1020. The van der Waals surface area contributed by atoms with Crippen LogP contribution >= 0.6 is 23.4 Å². The third kappa shape index (κ3) is 2.26. The van der Waals surface area contributed by atoms with Crippen LogP contribution in [0.1, 0.15) is 17.0 Å². The van der Waals surface area contributed by atoms with Crippen LogP contribution in [0.5, 0.6) is 5.75 Å². The lowest BCUT2D eigenvalue weighted by molar-refractivity contribution is 0.467. The molecule has 1 atom stereocenters. The van der Waals surface area contributed by atoms with Crippen molar-refractivity contribution in [3.63, 3.8) is 0 Å². The van der Waals surface area contributed by atoms with E-state index in [0.717, 1.165) is 10.3 Å². The molecule has 4 rings (SSSR count). The Kier molecular flexibility index (Phi) is 3.66. The molecular weight excluding hydrogens is 344 g/mol. The first-order chi connectivity index (χ1) is 11.6. The fourth-order valence-corrected chi connectivity index (χ4v) is 4.80. The second-order valence-corrected chi connectivity index (χ2v) is 7.09. The molecule has 3 nitrogen and oxygen atoms in total. The van der Waals surface area contributed by atoms with Gasteiger partial charge in [-0.25, -0.2) is 4.79 Å². The molecule has 0 fully saturated rings. The van der Waals surface area contributed by atoms with Crippen LogP contribution in [0.25, 0.3) is 16.5 Å². The molecule has 0 aliphatic carbocycles. The molecule has 0 bridgehead atoms. The quantitative estimate of drug-likeness (QED) is 0.619. The first-order valence-electron chi connectivity index (χ1n) is 7.43. The number of halogens is 1. The van der Waals surface area contributed by atoms with Crippen LogP contribution < -0.4 is 5.63 Å². The fraction of sp³-hybridized carbons (Fsp3) is 0.105. The van der Waals surface area contributed by atoms with Gasteiger partial charge in [0.15, 0.2) is 0 Å². The number of benzene rings is 2. The average Bonchev–Trinajstić information content (AvgIpc) is 2.56. The minimum absolute atomic E-state index is 0.114. The number of phenols is 1. The second kappa shape index (κ2) is 5.72. The molecule has 5 heteroatoms. The second-order valence-electron chi connectivity index (χ2n) is 5.65. The highest BCUT2D eigenvalue weighted by Gasteiger charge is 2.31. The molecular formula is C19H13ClO3S. The molecule has 1 N–H and O–H groups in total. The molecule has 1 unspecified atom stereocenters. The number of thioether (sulfide) groups is 1. The van der Waals surface area contributed by atoms with Gasteiger partial charge >= 0.3 is 5.63 Å². The smallest absolute Gasteiger partial charge is 0.345 e. The Morgan fingerprint density at radius 2 is 2.00 bits per heavy atom. The number of allylic oxidation sites excluding steroid dienone is 1. The molecule has 1 aliphatic rings. The topological polar surface area (TPSA) is 50.4 Å². The summed E-state index contributed by atoms with van der Waals surface area (Å²) in [5, 5.41) is 11.6. The lowest BCUT2D eigenvalue weighted by Gasteiger charge is -2.27. The highest BCUT2D eigenvalue weighted by atomic mass is 35.5. The molecule has 2 heterocycles. The van der Waals surface area contributed by atoms with Crippen molar-refractivity contribution < 1.29 is 9.52 Å². The monoisotopic (exact) mass is 356 g/mol. The molecule has 0 saturated heterocycles. The molecule has 0 saturated carbocycles. The molecule has 1 aliphatic heterocycles. The van der Waals surface area contributed by atoms with Crippen molar-refractivity contribution in [2.24, 2.45) is 0 Å². The molecule has 3 aromatic rings. The van der Waals surface area contributed by atoms with Gasteiger partial charge in [0.25, 0.3) is 0 Å². The van der Waals surface area contributed by atoms with E-state index in [1.165, 1.54) is 0 Å². The third-order valence-corrected chi connectivity index (χ3v) is 5.82. The van der Waals surface area contributed by atoms with Crippen LogP contribution in [-0.4, -0.2) is 10.9 Å². The minimum atomic E-state index is -0.405. The maximum atomic E-state index is 12.5. The zero-order valence-electron chi connectivity index (χ0n) is 12.6. The van der Waals surface area contributed by atoms with Crippen LogP contribution in [-0.2, 0) is 0 Å². The van der Waals surface area contributed by atoms with Gasteiger partial charge in [-0.1, -0.05) is 42.4 Å². The Balaban J connectivity index is 1.93. The van der Waals surface area contributed by atoms with Gasteiger partial charge in [-0.15, -0.1) is 11.8 Å². The molecule has 24 heavy (non-hydrogen) atoms. The number of phenolic OH excluding ortho intramolecular Hbond substituents is 1. The minimum Gasteiger partial charge on any atom is -0.508 e. The Morgan fingerprint density at radius 3 is 2.79 bits per heavy atom. The number of rotatable bonds is 1. The van der Waals surface area contributed by atoms with Crippen LogP contribution in [0.15, 0.2) is 63.2 Å². The summed E-state index contributed by atoms with van der Waals surface area (Å²) in [5.41, 5.74) is 1.88. The van der Waals surface area contributed by atoms with E-state index < -0.39 is 5.63 Å². The highest BCUT2D eigenvalue weighted by molar-refractivity contribution is 7.99. The number of aromatic hydroxyl groups is 1. The Hall–Kier alpha value is -2.17. The maximum Gasteiger partial charge on any atom is 0.345 e. The van der Waals surface area contributed by atoms with E-state index in [4.69, 9.17) is 16.0 Å². The zero-order valence-corrected chi connectivity index (χ0v) is 14.2. The van der Waals surface area contributed by atoms with Gasteiger partial charge in [0.1, 0.15) is 11.3 Å². The summed E-state index contributed by atoms with van der Waals surface area (Å²) in [4.78, 5) is 13.4. The lowest BCUT2D eigenvalue weighted by atomic mass is 9.88. The van der Waals surface area contributed by atoms with E-state index in [2.05, 4.69) is 6.58 Å². The lowest BCUT2D eigenvalue weighted by Crippen LogP contribution is -2.18. The van der Waals surface area contributed by atoms with Crippen LogP contribution in [0.4, 0.5) is 0 Å². The van der Waals surface area contributed by atoms with E-state index in [1.54, 1.807) is 36.0 Å². The zero-order chi connectivity index (χ0) is 16.8. The summed E-state index contributed by atoms with van der Waals surface area (Å²) in [6.45, 7) is 4.12. The maximum absolute atomic E-state index is 12.5. The summed E-state index contributed by atoms with van der Waals surface area (Å²) >= 11 is 7.84. The van der Waals surface area contributed by atoms with E-state index in [1.807, 2.05) is 18.2 Å². The molecule has 0 radical (unpaired) electrons. The molecule has 0 amide bonds. The molecule has 1 aromatic heterocycles. The van der Waals surface area contributed by atoms with Gasteiger partial charge in [0, 0.05) is 32.5 Å². The van der Waals surface area contributed by atoms with Crippen molar-refractivity contribution >= 4 is 39.9 Å². The van der Waals surface area contributed by atoms with Crippen molar-refractivity contribution in [2.75, 3.05) is 5.75 Å². The number of para-hydroxylation sites is 1. The van der Waals surface area contributed by atoms with Crippen molar-refractivity contribution in [1.82, 2.24) is 0 Å². The summed E-state index contributed by atoms with van der Waals surface area (Å²) < 4.78 is 5.45. The molecule has 2 aromatic carbocycles. The van der Waals surface area contributed by atoms with Gasteiger partial charge in [-0.05, 0) is 23.8 Å². The SMILES string of the molecule is C=C1c2c(c3ccccc3oc2=O)SCC1c1c(O)cccc1Cl.